The Bertz CT molecular complexity index is 430. The molecular formula is C12H16N2O3. The van der Waals surface area contributed by atoms with E-state index in [2.05, 4.69) is 10.3 Å². The van der Waals surface area contributed by atoms with Gasteiger partial charge in [-0.2, -0.15) is 0 Å². The van der Waals surface area contributed by atoms with Crippen molar-refractivity contribution in [2.24, 2.45) is 11.8 Å². The molecule has 5 nitrogen and oxygen atoms in total. The van der Waals surface area contributed by atoms with Gasteiger partial charge in [-0.3, -0.25) is 4.79 Å². The largest absolute Gasteiger partial charge is 0.477 e. The molecule has 2 N–H and O–H groups in total. The van der Waals surface area contributed by atoms with Gasteiger partial charge in [0.05, 0.1) is 0 Å². The molecule has 0 saturated heterocycles. The molecule has 0 saturated carbocycles. The molecule has 0 fully saturated rings. The molecule has 0 radical (unpaired) electrons. The van der Waals surface area contributed by atoms with Crippen LogP contribution < -0.4 is 5.32 Å². The molecule has 1 unspecified atom stereocenters. The van der Waals surface area contributed by atoms with Crippen LogP contribution in [0.15, 0.2) is 18.3 Å². The average Bonchev–Trinajstić information content (AvgIpc) is 2.28. The Morgan fingerprint density at radius 3 is 2.53 bits per heavy atom. The second-order valence-corrected chi connectivity index (χ2v) is 4.26. The predicted octanol–water partition coefficient (Wildman–Crippen LogP) is 2.01. The fraction of sp³-hybridized carbons (Fsp3) is 0.417. The van der Waals surface area contributed by atoms with Gasteiger partial charge in [-0.15, -0.1) is 0 Å². The number of hydrogen-bond donors (Lipinski definition) is 2. The quantitative estimate of drug-likeness (QED) is 0.838. The highest BCUT2D eigenvalue weighted by molar-refractivity contribution is 5.94. The lowest BCUT2D eigenvalue weighted by Gasteiger charge is -2.15. The fourth-order valence-electron chi connectivity index (χ4n) is 1.18. The first-order valence-electron chi connectivity index (χ1n) is 5.42. The number of hydrogen-bond acceptors (Lipinski definition) is 3. The Morgan fingerprint density at radius 2 is 2.00 bits per heavy atom. The molecule has 1 amide bonds. The summed E-state index contributed by atoms with van der Waals surface area (Å²) in [6, 6.07) is 2.91. The molecule has 1 aromatic rings. The number of carboxylic acids is 1. The lowest BCUT2D eigenvalue weighted by molar-refractivity contribution is -0.120. The van der Waals surface area contributed by atoms with Crippen LogP contribution in [0.4, 0.5) is 5.69 Å². The zero-order valence-corrected chi connectivity index (χ0v) is 10.1. The number of anilines is 1. The number of carbonyl (C=O) groups excluding carboxylic acids is 1. The Kier molecular flexibility index (Phi) is 4.20. The van der Waals surface area contributed by atoms with Crippen LogP contribution in [0.5, 0.6) is 0 Å². The van der Waals surface area contributed by atoms with E-state index in [0.29, 0.717) is 5.69 Å². The molecular weight excluding hydrogens is 220 g/mol. The zero-order chi connectivity index (χ0) is 13.0. The smallest absolute Gasteiger partial charge is 0.354 e. The number of amides is 1. The number of rotatable bonds is 4. The van der Waals surface area contributed by atoms with Gasteiger partial charge in [0.1, 0.15) is 5.69 Å². The van der Waals surface area contributed by atoms with Crippen molar-refractivity contribution in [3.63, 3.8) is 0 Å². The van der Waals surface area contributed by atoms with E-state index >= 15 is 0 Å². The second-order valence-electron chi connectivity index (χ2n) is 4.26. The molecule has 0 aliphatic heterocycles. The molecule has 1 heterocycles. The van der Waals surface area contributed by atoms with E-state index in [1.165, 1.54) is 12.3 Å². The van der Waals surface area contributed by atoms with Gasteiger partial charge in [0, 0.05) is 17.8 Å². The van der Waals surface area contributed by atoms with Crippen LogP contribution in [-0.2, 0) is 4.79 Å². The minimum atomic E-state index is -1.11. The van der Waals surface area contributed by atoms with Crippen LogP contribution in [0.2, 0.25) is 0 Å². The summed E-state index contributed by atoms with van der Waals surface area (Å²) < 4.78 is 0. The maximum atomic E-state index is 11.8. The predicted molar refractivity (Wildman–Crippen MR) is 63.8 cm³/mol. The molecule has 0 spiro atoms. The molecule has 17 heavy (non-hydrogen) atoms. The van der Waals surface area contributed by atoms with E-state index < -0.39 is 5.97 Å². The molecule has 0 bridgehead atoms. The summed E-state index contributed by atoms with van der Waals surface area (Å²) in [5.74, 6) is -1.13. The first-order valence-corrected chi connectivity index (χ1v) is 5.42. The molecule has 1 aromatic heterocycles. The third-order valence-corrected chi connectivity index (χ3v) is 2.66. The third kappa shape index (κ3) is 3.55. The number of nitrogens with zero attached hydrogens (tertiary/aromatic N) is 1. The van der Waals surface area contributed by atoms with Gasteiger partial charge in [0.15, 0.2) is 0 Å². The summed E-state index contributed by atoms with van der Waals surface area (Å²) >= 11 is 0. The number of aromatic carboxylic acids is 1. The molecule has 1 atom stereocenters. The topological polar surface area (TPSA) is 79.3 Å². The SMILES string of the molecule is CC(C)C(C)C(=O)Nc1ccnc(C(=O)O)c1. The van der Waals surface area contributed by atoms with Crippen molar-refractivity contribution >= 4 is 17.6 Å². The maximum absolute atomic E-state index is 11.8. The van der Waals surface area contributed by atoms with Crippen molar-refractivity contribution in [1.29, 1.82) is 0 Å². The number of pyridine rings is 1. The Labute approximate surface area is 99.9 Å². The summed E-state index contributed by atoms with van der Waals surface area (Å²) in [4.78, 5) is 26.1. The van der Waals surface area contributed by atoms with E-state index in [4.69, 9.17) is 5.11 Å². The Morgan fingerprint density at radius 1 is 1.35 bits per heavy atom. The number of nitrogens with one attached hydrogen (secondary N) is 1. The van der Waals surface area contributed by atoms with Gasteiger partial charge in [-0.05, 0) is 18.1 Å². The highest BCUT2D eigenvalue weighted by atomic mass is 16.4. The van der Waals surface area contributed by atoms with Crippen molar-refractivity contribution in [3.05, 3.63) is 24.0 Å². The molecule has 0 aromatic carbocycles. The lowest BCUT2D eigenvalue weighted by Crippen LogP contribution is -2.24. The van der Waals surface area contributed by atoms with Crippen LogP contribution in [0.1, 0.15) is 31.3 Å². The van der Waals surface area contributed by atoms with Crippen molar-refractivity contribution in [2.75, 3.05) is 5.32 Å². The molecule has 92 valence electrons. The normalized spacial score (nSPS) is 12.2. The maximum Gasteiger partial charge on any atom is 0.354 e. The monoisotopic (exact) mass is 236 g/mol. The Hall–Kier alpha value is -1.91. The van der Waals surface area contributed by atoms with Crippen LogP contribution in [-0.4, -0.2) is 22.0 Å². The van der Waals surface area contributed by atoms with E-state index in [9.17, 15) is 9.59 Å². The zero-order valence-electron chi connectivity index (χ0n) is 10.1. The lowest BCUT2D eigenvalue weighted by atomic mass is 9.97. The van der Waals surface area contributed by atoms with Gasteiger partial charge in [0.25, 0.3) is 0 Å². The number of carbonyl (C=O) groups is 2. The number of aromatic nitrogens is 1. The van der Waals surface area contributed by atoms with Crippen LogP contribution >= 0.6 is 0 Å². The van der Waals surface area contributed by atoms with E-state index in [1.54, 1.807) is 6.07 Å². The highest BCUT2D eigenvalue weighted by Gasteiger charge is 2.17. The van der Waals surface area contributed by atoms with Crippen molar-refractivity contribution in [3.8, 4) is 0 Å². The fourth-order valence-corrected chi connectivity index (χ4v) is 1.18. The highest BCUT2D eigenvalue weighted by Crippen LogP contribution is 2.14. The summed E-state index contributed by atoms with van der Waals surface area (Å²) in [7, 11) is 0. The Balaban J connectivity index is 2.78. The summed E-state index contributed by atoms with van der Waals surface area (Å²) in [6.45, 7) is 5.75. The van der Waals surface area contributed by atoms with E-state index in [1.807, 2.05) is 20.8 Å². The van der Waals surface area contributed by atoms with Crippen LogP contribution in [0.3, 0.4) is 0 Å². The summed E-state index contributed by atoms with van der Waals surface area (Å²) in [5.41, 5.74) is 0.370. The van der Waals surface area contributed by atoms with Gasteiger partial charge in [-0.1, -0.05) is 20.8 Å². The van der Waals surface area contributed by atoms with Crippen molar-refractivity contribution < 1.29 is 14.7 Å². The van der Waals surface area contributed by atoms with E-state index in [0.717, 1.165) is 0 Å². The standard InChI is InChI=1S/C12H16N2O3/c1-7(2)8(3)11(15)14-9-4-5-13-10(6-9)12(16)17/h4-8H,1-3H3,(H,16,17)(H,13,14,15). The average molecular weight is 236 g/mol. The molecule has 5 heteroatoms. The molecule has 0 aliphatic rings. The molecule has 1 rings (SSSR count). The summed E-state index contributed by atoms with van der Waals surface area (Å²) in [6.07, 6.45) is 1.36. The minimum absolute atomic E-state index is 0.0833. The first kappa shape index (κ1) is 13.2. The van der Waals surface area contributed by atoms with Crippen LogP contribution in [0, 0.1) is 11.8 Å². The van der Waals surface area contributed by atoms with Crippen molar-refractivity contribution in [1.82, 2.24) is 4.98 Å². The minimum Gasteiger partial charge on any atom is -0.477 e. The number of carboxylic acid groups (broad SMARTS) is 1. The van der Waals surface area contributed by atoms with Crippen LogP contribution in [0.25, 0.3) is 0 Å². The van der Waals surface area contributed by atoms with Gasteiger partial charge in [0.2, 0.25) is 5.91 Å². The first-order chi connectivity index (χ1) is 7.91. The van der Waals surface area contributed by atoms with Gasteiger partial charge in [-0.25, -0.2) is 9.78 Å². The second kappa shape index (κ2) is 5.43. The summed E-state index contributed by atoms with van der Waals surface area (Å²) in [5, 5.41) is 11.4. The third-order valence-electron chi connectivity index (χ3n) is 2.66. The van der Waals surface area contributed by atoms with Crippen molar-refractivity contribution in [2.45, 2.75) is 20.8 Å². The van der Waals surface area contributed by atoms with E-state index in [-0.39, 0.29) is 23.4 Å². The molecule has 0 aliphatic carbocycles. The van der Waals surface area contributed by atoms with Gasteiger partial charge < -0.3 is 10.4 Å². The van der Waals surface area contributed by atoms with Gasteiger partial charge >= 0.3 is 5.97 Å².